The number of hydrogen-bond acceptors (Lipinski definition) is 3. The van der Waals surface area contributed by atoms with Crippen molar-refractivity contribution in [3.8, 4) is 0 Å². The Bertz CT molecular complexity index is 447. The Labute approximate surface area is 112 Å². The number of nitrogens with zero attached hydrogens (tertiary/aromatic N) is 1. The van der Waals surface area contributed by atoms with Crippen LogP contribution in [0.1, 0.15) is 12.8 Å². The molecule has 1 heterocycles. The van der Waals surface area contributed by atoms with Crippen molar-refractivity contribution in [3.05, 3.63) is 30.3 Å². The zero-order valence-corrected chi connectivity index (χ0v) is 10.7. The molecule has 0 aliphatic carbocycles. The van der Waals surface area contributed by atoms with E-state index in [0.29, 0.717) is 19.5 Å². The highest BCUT2D eigenvalue weighted by Gasteiger charge is 2.34. The molecule has 1 aromatic rings. The van der Waals surface area contributed by atoms with Gasteiger partial charge in [-0.25, -0.2) is 0 Å². The Balaban J connectivity index is 1.94. The Hall–Kier alpha value is -1.88. The molecule has 1 fully saturated rings. The molecular weight excluding hydrogens is 244 g/mol. The van der Waals surface area contributed by atoms with Crippen LogP contribution in [0, 0.1) is 5.92 Å². The van der Waals surface area contributed by atoms with E-state index in [4.69, 9.17) is 5.11 Å². The van der Waals surface area contributed by atoms with Crippen LogP contribution in [-0.2, 0) is 9.59 Å². The van der Waals surface area contributed by atoms with Gasteiger partial charge in [0.1, 0.15) is 0 Å². The predicted molar refractivity (Wildman–Crippen MR) is 71.6 cm³/mol. The summed E-state index contributed by atoms with van der Waals surface area (Å²) in [6.45, 7) is 0.930. The van der Waals surface area contributed by atoms with Gasteiger partial charge in [-0.05, 0) is 18.6 Å². The van der Waals surface area contributed by atoms with Gasteiger partial charge in [0.25, 0.3) is 0 Å². The molecule has 1 aliphatic heterocycles. The van der Waals surface area contributed by atoms with Crippen LogP contribution in [0.25, 0.3) is 0 Å². The first-order valence-electron chi connectivity index (χ1n) is 6.46. The maximum atomic E-state index is 11.9. The number of aliphatic hydroxyl groups is 1. The van der Waals surface area contributed by atoms with E-state index in [-0.39, 0.29) is 30.8 Å². The molecule has 19 heavy (non-hydrogen) atoms. The number of benzene rings is 1. The summed E-state index contributed by atoms with van der Waals surface area (Å²) in [5, 5.41) is 11.4. The molecule has 5 nitrogen and oxygen atoms in total. The van der Waals surface area contributed by atoms with Crippen LogP contribution < -0.4 is 10.2 Å². The van der Waals surface area contributed by atoms with Crippen molar-refractivity contribution in [1.82, 2.24) is 5.32 Å². The second-order valence-corrected chi connectivity index (χ2v) is 4.61. The minimum absolute atomic E-state index is 0.0199. The van der Waals surface area contributed by atoms with Crippen molar-refractivity contribution in [3.63, 3.8) is 0 Å². The summed E-state index contributed by atoms with van der Waals surface area (Å²) < 4.78 is 0. The van der Waals surface area contributed by atoms with Crippen LogP contribution in [-0.4, -0.2) is 36.6 Å². The molecule has 5 heteroatoms. The lowest BCUT2D eigenvalue weighted by Gasteiger charge is -2.16. The van der Waals surface area contributed by atoms with E-state index < -0.39 is 0 Å². The van der Waals surface area contributed by atoms with Crippen LogP contribution in [0.5, 0.6) is 0 Å². The summed E-state index contributed by atoms with van der Waals surface area (Å²) >= 11 is 0. The zero-order chi connectivity index (χ0) is 13.7. The molecule has 0 saturated carbocycles. The summed E-state index contributed by atoms with van der Waals surface area (Å²) in [5.41, 5.74) is 0.832. The molecule has 1 atom stereocenters. The number of anilines is 1. The van der Waals surface area contributed by atoms with Gasteiger partial charge in [0, 0.05) is 31.8 Å². The molecular formula is C14H18N2O3. The predicted octanol–water partition coefficient (Wildman–Crippen LogP) is 0.538. The fourth-order valence-corrected chi connectivity index (χ4v) is 2.18. The van der Waals surface area contributed by atoms with Crippen LogP contribution in [0.3, 0.4) is 0 Å². The van der Waals surface area contributed by atoms with E-state index in [0.717, 1.165) is 5.69 Å². The van der Waals surface area contributed by atoms with Crippen molar-refractivity contribution >= 4 is 17.5 Å². The highest BCUT2D eigenvalue weighted by atomic mass is 16.3. The third-order valence-corrected chi connectivity index (χ3v) is 3.20. The summed E-state index contributed by atoms with van der Waals surface area (Å²) in [7, 11) is 0. The van der Waals surface area contributed by atoms with Crippen molar-refractivity contribution in [2.75, 3.05) is 24.6 Å². The van der Waals surface area contributed by atoms with Gasteiger partial charge in [-0.15, -0.1) is 0 Å². The first kappa shape index (κ1) is 13.5. The van der Waals surface area contributed by atoms with Crippen LogP contribution >= 0.6 is 0 Å². The standard InChI is InChI=1S/C14H18N2O3/c17-8-4-7-15-14(19)11-9-13(18)16(10-11)12-5-2-1-3-6-12/h1-3,5-6,11,17H,4,7-10H2,(H,15,19)/t11-/m1/s1. The lowest BCUT2D eigenvalue weighted by molar-refractivity contribution is -0.126. The van der Waals surface area contributed by atoms with Crippen molar-refractivity contribution in [2.45, 2.75) is 12.8 Å². The molecule has 2 rings (SSSR count). The van der Waals surface area contributed by atoms with Gasteiger partial charge >= 0.3 is 0 Å². The second-order valence-electron chi connectivity index (χ2n) is 4.61. The van der Waals surface area contributed by atoms with Crippen molar-refractivity contribution in [1.29, 1.82) is 0 Å². The molecule has 0 radical (unpaired) electrons. The van der Waals surface area contributed by atoms with Crippen LogP contribution in [0.15, 0.2) is 30.3 Å². The lowest BCUT2D eigenvalue weighted by atomic mass is 10.1. The van der Waals surface area contributed by atoms with E-state index in [9.17, 15) is 9.59 Å². The minimum Gasteiger partial charge on any atom is -0.396 e. The van der Waals surface area contributed by atoms with E-state index in [1.165, 1.54) is 0 Å². The summed E-state index contributed by atoms with van der Waals surface area (Å²) in [4.78, 5) is 25.4. The smallest absolute Gasteiger partial charge is 0.227 e. The fraction of sp³-hybridized carbons (Fsp3) is 0.429. The quantitative estimate of drug-likeness (QED) is 0.761. The highest BCUT2D eigenvalue weighted by Crippen LogP contribution is 2.24. The van der Waals surface area contributed by atoms with Gasteiger partial charge in [0.15, 0.2) is 0 Å². The van der Waals surface area contributed by atoms with Gasteiger partial charge in [-0.3, -0.25) is 9.59 Å². The van der Waals surface area contributed by atoms with E-state index in [2.05, 4.69) is 5.32 Å². The average Bonchev–Trinajstić information content (AvgIpc) is 2.82. The number of rotatable bonds is 5. The molecule has 0 unspecified atom stereocenters. The van der Waals surface area contributed by atoms with Gasteiger partial charge in [-0.2, -0.15) is 0 Å². The normalized spacial score (nSPS) is 18.7. The maximum Gasteiger partial charge on any atom is 0.227 e. The topological polar surface area (TPSA) is 69.6 Å². The molecule has 1 aromatic carbocycles. The van der Waals surface area contributed by atoms with E-state index >= 15 is 0 Å². The molecule has 2 N–H and O–H groups in total. The Morgan fingerprint density at radius 1 is 1.37 bits per heavy atom. The number of para-hydroxylation sites is 1. The summed E-state index contributed by atoms with van der Waals surface area (Å²) in [5.74, 6) is -0.430. The molecule has 0 spiro atoms. The SMILES string of the molecule is O=C(NCCCO)[C@@H]1CC(=O)N(c2ccccc2)C1. The first-order valence-corrected chi connectivity index (χ1v) is 6.46. The molecule has 0 bridgehead atoms. The summed E-state index contributed by atoms with van der Waals surface area (Å²) in [6.07, 6.45) is 0.786. The van der Waals surface area contributed by atoms with Crippen molar-refractivity contribution < 1.29 is 14.7 Å². The van der Waals surface area contributed by atoms with Crippen LogP contribution in [0.2, 0.25) is 0 Å². The molecule has 102 valence electrons. The average molecular weight is 262 g/mol. The van der Waals surface area contributed by atoms with Gasteiger partial charge in [0.05, 0.1) is 5.92 Å². The number of aliphatic hydroxyl groups excluding tert-OH is 1. The molecule has 1 saturated heterocycles. The number of nitrogens with one attached hydrogen (secondary N) is 1. The maximum absolute atomic E-state index is 11.9. The monoisotopic (exact) mass is 262 g/mol. The molecule has 2 amide bonds. The Morgan fingerprint density at radius 2 is 2.11 bits per heavy atom. The number of hydrogen-bond donors (Lipinski definition) is 2. The third kappa shape index (κ3) is 3.32. The summed E-state index contributed by atoms with van der Waals surface area (Å²) in [6, 6.07) is 9.37. The fourth-order valence-electron chi connectivity index (χ4n) is 2.18. The van der Waals surface area contributed by atoms with Crippen LogP contribution in [0.4, 0.5) is 5.69 Å². The largest absolute Gasteiger partial charge is 0.396 e. The molecule has 0 aromatic heterocycles. The van der Waals surface area contributed by atoms with Gasteiger partial charge in [-0.1, -0.05) is 18.2 Å². The zero-order valence-electron chi connectivity index (χ0n) is 10.7. The van der Waals surface area contributed by atoms with Crippen molar-refractivity contribution in [2.24, 2.45) is 5.92 Å². The number of carbonyl (C=O) groups is 2. The molecule has 1 aliphatic rings. The second kappa shape index (κ2) is 6.33. The number of amides is 2. The van der Waals surface area contributed by atoms with Gasteiger partial charge in [0.2, 0.25) is 11.8 Å². The minimum atomic E-state index is -0.300. The Kier molecular flexibility index (Phi) is 4.52. The van der Waals surface area contributed by atoms with E-state index in [1.807, 2.05) is 30.3 Å². The number of carbonyl (C=O) groups excluding carboxylic acids is 2. The Morgan fingerprint density at radius 3 is 2.79 bits per heavy atom. The van der Waals surface area contributed by atoms with E-state index in [1.54, 1.807) is 4.90 Å². The first-order chi connectivity index (χ1) is 9.22. The van der Waals surface area contributed by atoms with Gasteiger partial charge < -0.3 is 15.3 Å². The lowest BCUT2D eigenvalue weighted by Crippen LogP contribution is -2.33. The highest BCUT2D eigenvalue weighted by molar-refractivity contribution is 6.00. The third-order valence-electron chi connectivity index (χ3n) is 3.20.